The second-order valence-corrected chi connectivity index (χ2v) is 6.91. The molecule has 1 unspecified atom stereocenters. The van der Waals surface area contributed by atoms with Gasteiger partial charge >= 0.3 is 0 Å². The highest BCUT2D eigenvalue weighted by Gasteiger charge is 2.18. The van der Waals surface area contributed by atoms with Gasteiger partial charge in [-0.2, -0.15) is 0 Å². The van der Waals surface area contributed by atoms with Crippen LogP contribution >= 0.6 is 11.6 Å². The lowest BCUT2D eigenvalue weighted by Crippen LogP contribution is -2.38. The van der Waals surface area contributed by atoms with Crippen LogP contribution in [0.2, 0.25) is 5.02 Å². The molecule has 20 heavy (non-hydrogen) atoms. The standard InChI is InChI=1S/C14H19ClN2O2S/c15-12-8-10(16)6-7-13(12)20(19)9-14(18)17-11-4-2-1-3-5-11/h6-8,11H,1-5,9,16H2,(H,17,18). The number of anilines is 1. The fraction of sp³-hybridized carbons (Fsp3) is 0.500. The summed E-state index contributed by atoms with van der Waals surface area (Å²) in [7, 11) is -1.44. The molecule has 0 radical (unpaired) electrons. The van der Waals surface area contributed by atoms with E-state index in [9.17, 15) is 9.00 Å². The zero-order valence-electron chi connectivity index (χ0n) is 11.2. The van der Waals surface area contributed by atoms with Gasteiger partial charge in [0.1, 0.15) is 5.75 Å². The number of halogens is 1. The van der Waals surface area contributed by atoms with Crippen LogP contribution < -0.4 is 11.1 Å². The van der Waals surface area contributed by atoms with Crippen molar-refractivity contribution in [1.82, 2.24) is 5.32 Å². The highest BCUT2D eigenvalue weighted by atomic mass is 35.5. The van der Waals surface area contributed by atoms with Gasteiger partial charge in [0.15, 0.2) is 0 Å². The molecule has 2 rings (SSSR count). The molecule has 1 atom stereocenters. The van der Waals surface area contributed by atoms with Gasteiger partial charge in [-0.15, -0.1) is 0 Å². The molecule has 0 aliphatic heterocycles. The van der Waals surface area contributed by atoms with Gasteiger partial charge < -0.3 is 11.1 Å². The van der Waals surface area contributed by atoms with Crippen LogP contribution in [0.4, 0.5) is 5.69 Å². The Balaban J connectivity index is 1.91. The second-order valence-electron chi connectivity index (χ2n) is 5.08. The van der Waals surface area contributed by atoms with Crippen molar-refractivity contribution in [2.75, 3.05) is 11.5 Å². The second kappa shape index (κ2) is 7.09. The Hall–Kier alpha value is -1.07. The maximum absolute atomic E-state index is 12.2. The van der Waals surface area contributed by atoms with Crippen molar-refractivity contribution in [3.05, 3.63) is 23.2 Å². The van der Waals surface area contributed by atoms with Gasteiger partial charge in [0.05, 0.1) is 20.7 Å². The summed E-state index contributed by atoms with van der Waals surface area (Å²) in [4.78, 5) is 12.4. The maximum atomic E-state index is 12.2. The van der Waals surface area contributed by atoms with Gasteiger partial charge in [-0.05, 0) is 31.0 Å². The van der Waals surface area contributed by atoms with Gasteiger partial charge in [-0.3, -0.25) is 9.00 Å². The van der Waals surface area contributed by atoms with Crippen LogP contribution in [0, 0.1) is 0 Å². The first-order valence-corrected chi connectivity index (χ1v) is 8.48. The fourth-order valence-corrected chi connectivity index (χ4v) is 3.84. The summed E-state index contributed by atoms with van der Waals surface area (Å²) in [6.07, 6.45) is 5.57. The molecule has 1 aliphatic carbocycles. The first-order valence-electron chi connectivity index (χ1n) is 6.79. The molecule has 1 saturated carbocycles. The number of amides is 1. The number of nitrogen functional groups attached to an aromatic ring is 1. The number of rotatable bonds is 4. The van der Waals surface area contributed by atoms with Gasteiger partial charge in [0.25, 0.3) is 0 Å². The summed E-state index contributed by atoms with van der Waals surface area (Å²) in [5, 5.41) is 3.29. The average molecular weight is 315 g/mol. The maximum Gasteiger partial charge on any atom is 0.233 e. The molecular formula is C14H19ClN2O2S. The first kappa shape index (κ1) is 15.3. The molecule has 0 heterocycles. The van der Waals surface area contributed by atoms with Crippen molar-refractivity contribution in [2.45, 2.75) is 43.0 Å². The summed E-state index contributed by atoms with van der Waals surface area (Å²) < 4.78 is 12.2. The summed E-state index contributed by atoms with van der Waals surface area (Å²) in [5.74, 6) is -0.233. The Morgan fingerprint density at radius 2 is 2.05 bits per heavy atom. The molecule has 1 aromatic rings. The summed E-state index contributed by atoms with van der Waals surface area (Å²) in [6.45, 7) is 0. The van der Waals surface area contributed by atoms with Gasteiger partial charge in [-0.1, -0.05) is 30.9 Å². The Kier molecular flexibility index (Phi) is 5.43. The molecule has 0 saturated heterocycles. The fourth-order valence-electron chi connectivity index (χ4n) is 2.41. The van der Waals surface area contributed by atoms with E-state index >= 15 is 0 Å². The van der Waals surface area contributed by atoms with Crippen LogP contribution in [0.3, 0.4) is 0 Å². The van der Waals surface area contributed by atoms with E-state index in [1.807, 2.05) is 0 Å². The molecule has 1 aliphatic rings. The highest BCUT2D eigenvalue weighted by Crippen LogP contribution is 2.22. The largest absolute Gasteiger partial charge is 0.399 e. The molecule has 0 spiro atoms. The Morgan fingerprint density at radius 3 is 2.70 bits per heavy atom. The third-order valence-corrected chi connectivity index (χ3v) is 5.23. The lowest BCUT2D eigenvalue weighted by molar-refractivity contribution is -0.119. The van der Waals surface area contributed by atoms with E-state index in [-0.39, 0.29) is 17.7 Å². The Labute approximate surface area is 126 Å². The minimum atomic E-state index is -1.44. The van der Waals surface area contributed by atoms with Crippen LogP contribution in [-0.2, 0) is 15.6 Å². The van der Waals surface area contributed by atoms with E-state index in [2.05, 4.69) is 5.32 Å². The SMILES string of the molecule is Nc1ccc(S(=O)CC(=O)NC2CCCCC2)c(Cl)c1. The number of hydrogen-bond donors (Lipinski definition) is 2. The summed E-state index contributed by atoms with van der Waals surface area (Å²) in [5.41, 5.74) is 6.11. The Morgan fingerprint density at radius 1 is 1.35 bits per heavy atom. The highest BCUT2D eigenvalue weighted by molar-refractivity contribution is 7.85. The predicted molar refractivity (Wildman–Crippen MR) is 82.2 cm³/mol. The van der Waals surface area contributed by atoms with Crippen LogP contribution in [0.1, 0.15) is 32.1 Å². The summed E-state index contributed by atoms with van der Waals surface area (Å²) >= 11 is 5.99. The van der Waals surface area contributed by atoms with Crippen LogP contribution in [-0.4, -0.2) is 21.9 Å². The normalized spacial score (nSPS) is 17.6. The van der Waals surface area contributed by atoms with E-state index in [4.69, 9.17) is 17.3 Å². The van der Waals surface area contributed by atoms with E-state index in [0.29, 0.717) is 15.6 Å². The minimum absolute atomic E-state index is 0.0554. The zero-order chi connectivity index (χ0) is 14.5. The van der Waals surface area contributed by atoms with Crippen molar-refractivity contribution >= 4 is 34.0 Å². The number of hydrogen-bond acceptors (Lipinski definition) is 3. The molecule has 6 heteroatoms. The minimum Gasteiger partial charge on any atom is -0.399 e. The third kappa shape index (κ3) is 4.21. The molecule has 3 N–H and O–H groups in total. The first-order chi connectivity index (χ1) is 9.56. The monoisotopic (exact) mass is 314 g/mol. The zero-order valence-corrected chi connectivity index (χ0v) is 12.8. The molecule has 1 aromatic carbocycles. The van der Waals surface area contributed by atoms with Crippen molar-refractivity contribution in [3.8, 4) is 0 Å². The van der Waals surface area contributed by atoms with Crippen molar-refractivity contribution < 1.29 is 9.00 Å². The van der Waals surface area contributed by atoms with E-state index in [1.54, 1.807) is 18.2 Å². The smallest absolute Gasteiger partial charge is 0.233 e. The molecule has 1 fully saturated rings. The average Bonchev–Trinajstić information content (AvgIpc) is 2.39. The molecule has 4 nitrogen and oxygen atoms in total. The van der Waals surface area contributed by atoms with Gasteiger partial charge in [0, 0.05) is 11.7 Å². The number of carbonyl (C=O) groups is 1. The summed E-state index contributed by atoms with van der Waals surface area (Å²) in [6, 6.07) is 5.03. The van der Waals surface area contributed by atoms with Crippen LogP contribution in [0.15, 0.2) is 23.1 Å². The van der Waals surface area contributed by atoms with Gasteiger partial charge in [-0.25, -0.2) is 0 Å². The van der Waals surface area contributed by atoms with Gasteiger partial charge in [0.2, 0.25) is 5.91 Å². The number of nitrogens with two attached hydrogens (primary N) is 1. The van der Waals surface area contributed by atoms with Crippen LogP contribution in [0.25, 0.3) is 0 Å². The van der Waals surface area contributed by atoms with Crippen molar-refractivity contribution in [2.24, 2.45) is 0 Å². The molecule has 0 bridgehead atoms. The van der Waals surface area contributed by atoms with E-state index in [1.165, 1.54) is 6.42 Å². The van der Waals surface area contributed by atoms with E-state index < -0.39 is 10.8 Å². The molecule has 1 amide bonds. The molecule has 110 valence electrons. The number of benzene rings is 1. The van der Waals surface area contributed by atoms with Crippen LogP contribution in [0.5, 0.6) is 0 Å². The lowest BCUT2D eigenvalue weighted by atomic mass is 9.95. The third-order valence-electron chi connectivity index (χ3n) is 3.43. The Bertz CT molecular complexity index is 516. The molecular weight excluding hydrogens is 296 g/mol. The number of carbonyl (C=O) groups excluding carboxylic acids is 1. The van der Waals surface area contributed by atoms with Crippen molar-refractivity contribution in [3.63, 3.8) is 0 Å². The topological polar surface area (TPSA) is 72.2 Å². The quantitative estimate of drug-likeness (QED) is 0.839. The van der Waals surface area contributed by atoms with E-state index in [0.717, 1.165) is 25.7 Å². The lowest BCUT2D eigenvalue weighted by Gasteiger charge is -2.22. The predicted octanol–water partition coefficient (Wildman–Crippen LogP) is 2.48. The van der Waals surface area contributed by atoms with Crippen molar-refractivity contribution in [1.29, 1.82) is 0 Å². The molecule has 0 aromatic heterocycles. The number of nitrogens with one attached hydrogen (secondary N) is 1.